The lowest BCUT2D eigenvalue weighted by molar-refractivity contribution is -0.127. The number of carbonyl (C=O) groups excluding carboxylic acids is 1. The van der Waals surface area contributed by atoms with E-state index in [1.165, 1.54) is 5.56 Å². The Morgan fingerprint density at radius 2 is 1.64 bits per heavy atom. The summed E-state index contributed by atoms with van der Waals surface area (Å²) in [6.45, 7) is 10.6. The molecular weight excluding hydrogens is 314 g/mol. The zero-order valence-electron chi connectivity index (χ0n) is 15.7. The molecule has 0 saturated heterocycles. The van der Waals surface area contributed by atoms with Gasteiger partial charge < -0.3 is 14.8 Å². The molecule has 1 N–H and O–H groups in total. The normalized spacial score (nSPS) is 11.7. The highest BCUT2D eigenvalue weighted by molar-refractivity contribution is 5.80. The molecule has 2 aromatic carbocycles. The summed E-state index contributed by atoms with van der Waals surface area (Å²) >= 11 is 0. The highest BCUT2D eigenvalue weighted by Gasteiger charge is 2.15. The highest BCUT2D eigenvalue weighted by Crippen LogP contribution is 2.20. The van der Waals surface area contributed by atoms with Crippen molar-refractivity contribution in [1.82, 2.24) is 5.32 Å². The van der Waals surface area contributed by atoms with Gasteiger partial charge in [0.2, 0.25) is 0 Å². The smallest absolute Gasteiger partial charge is 0.260 e. The van der Waals surface area contributed by atoms with Crippen LogP contribution in [0.4, 0.5) is 0 Å². The summed E-state index contributed by atoms with van der Waals surface area (Å²) in [7, 11) is 0. The maximum atomic E-state index is 12.2. The van der Waals surface area contributed by atoms with Gasteiger partial charge in [0.05, 0.1) is 6.54 Å². The number of rotatable bonds is 7. The van der Waals surface area contributed by atoms with E-state index in [1.54, 1.807) is 6.92 Å². The van der Waals surface area contributed by atoms with Gasteiger partial charge in [0, 0.05) is 0 Å². The monoisotopic (exact) mass is 341 g/mol. The molecule has 0 heterocycles. The lowest BCUT2D eigenvalue weighted by Gasteiger charge is -2.17. The number of nitrogens with one attached hydrogen (secondary N) is 1. The van der Waals surface area contributed by atoms with E-state index in [2.05, 4.69) is 11.4 Å². The Morgan fingerprint density at radius 3 is 2.36 bits per heavy atom. The standard InChI is InChI=1S/C21H27NO3/c1-14-7-9-19(17(4)12-14)24-11-10-22-21(23)18(5)25-20-13-15(2)6-8-16(20)3/h6-9,12-13,18H,10-11H2,1-5H3,(H,22,23)/t18-/m1/s1. The van der Waals surface area contributed by atoms with E-state index < -0.39 is 6.10 Å². The van der Waals surface area contributed by atoms with Crippen LogP contribution in [-0.4, -0.2) is 25.2 Å². The molecule has 1 atom stereocenters. The predicted octanol–water partition coefficient (Wildman–Crippen LogP) is 3.88. The summed E-state index contributed by atoms with van der Waals surface area (Å²) in [5.74, 6) is 1.44. The summed E-state index contributed by atoms with van der Waals surface area (Å²) in [5, 5.41) is 2.85. The minimum Gasteiger partial charge on any atom is -0.491 e. The fraction of sp³-hybridized carbons (Fsp3) is 0.381. The van der Waals surface area contributed by atoms with E-state index in [4.69, 9.17) is 9.47 Å². The van der Waals surface area contributed by atoms with Crippen LogP contribution in [0, 0.1) is 27.7 Å². The molecule has 0 spiro atoms. The fourth-order valence-corrected chi connectivity index (χ4v) is 2.52. The van der Waals surface area contributed by atoms with Crippen molar-refractivity contribution in [3.63, 3.8) is 0 Å². The first kappa shape index (κ1) is 18.8. The molecule has 1 amide bonds. The molecule has 0 bridgehead atoms. The minimum absolute atomic E-state index is 0.148. The van der Waals surface area contributed by atoms with E-state index in [-0.39, 0.29) is 5.91 Å². The summed E-state index contributed by atoms with van der Waals surface area (Å²) in [6, 6.07) is 12.0. The van der Waals surface area contributed by atoms with Gasteiger partial charge in [-0.25, -0.2) is 0 Å². The van der Waals surface area contributed by atoms with Gasteiger partial charge in [-0.3, -0.25) is 4.79 Å². The van der Waals surface area contributed by atoms with E-state index in [0.29, 0.717) is 13.2 Å². The topological polar surface area (TPSA) is 47.6 Å². The predicted molar refractivity (Wildman–Crippen MR) is 100 cm³/mol. The van der Waals surface area contributed by atoms with Crippen LogP contribution in [0.3, 0.4) is 0 Å². The van der Waals surface area contributed by atoms with Gasteiger partial charge in [-0.2, -0.15) is 0 Å². The van der Waals surface area contributed by atoms with Crippen LogP contribution >= 0.6 is 0 Å². The van der Waals surface area contributed by atoms with Crippen molar-refractivity contribution in [3.8, 4) is 11.5 Å². The van der Waals surface area contributed by atoms with Crippen LogP contribution < -0.4 is 14.8 Å². The van der Waals surface area contributed by atoms with Crippen LogP contribution in [-0.2, 0) is 4.79 Å². The Balaban J connectivity index is 1.78. The lowest BCUT2D eigenvalue weighted by atomic mass is 10.1. The number of carbonyl (C=O) groups is 1. The van der Waals surface area contributed by atoms with Gasteiger partial charge >= 0.3 is 0 Å². The lowest BCUT2D eigenvalue weighted by Crippen LogP contribution is -2.38. The average molecular weight is 341 g/mol. The molecule has 0 fully saturated rings. The Bertz CT molecular complexity index is 740. The average Bonchev–Trinajstić information content (AvgIpc) is 2.56. The van der Waals surface area contributed by atoms with Crippen molar-refractivity contribution >= 4 is 5.91 Å². The van der Waals surface area contributed by atoms with Crippen LogP contribution in [0.2, 0.25) is 0 Å². The van der Waals surface area contributed by atoms with Crippen LogP contribution in [0.25, 0.3) is 0 Å². The molecule has 2 aromatic rings. The Hall–Kier alpha value is -2.49. The van der Waals surface area contributed by atoms with Gasteiger partial charge in [-0.15, -0.1) is 0 Å². The molecule has 0 aromatic heterocycles. The molecule has 4 heteroatoms. The Kier molecular flexibility index (Phi) is 6.45. The largest absolute Gasteiger partial charge is 0.491 e. The molecule has 0 saturated carbocycles. The summed E-state index contributed by atoms with van der Waals surface area (Å²) < 4.78 is 11.5. The second kappa shape index (κ2) is 8.56. The van der Waals surface area contributed by atoms with Crippen molar-refractivity contribution in [3.05, 3.63) is 58.7 Å². The maximum absolute atomic E-state index is 12.2. The first-order valence-corrected chi connectivity index (χ1v) is 8.58. The Morgan fingerprint density at radius 1 is 0.960 bits per heavy atom. The third-order valence-corrected chi connectivity index (χ3v) is 4.01. The molecule has 0 aliphatic heterocycles. The fourth-order valence-electron chi connectivity index (χ4n) is 2.52. The maximum Gasteiger partial charge on any atom is 0.260 e. The van der Waals surface area contributed by atoms with E-state index in [9.17, 15) is 4.79 Å². The molecule has 0 unspecified atom stereocenters. The zero-order valence-corrected chi connectivity index (χ0v) is 15.7. The second-order valence-corrected chi connectivity index (χ2v) is 6.44. The highest BCUT2D eigenvalue weighted by atomic mass is 16.5. The van der Waals surface area contributed by atoms with E-state index in [0.717, 1.165) is 28.2 Å². The van der Waals surface area contributed by atoms with Crippen molar-refractivity contribution in [1.29, 1.82) is 0 Å². The third-order valence-electron chi connectivity index (χ3n) is 4.01. The van der Waals surface area contributed by atoms with Gasteiger partial charge in [0.15, 0.2) is 6.10 Å². The molecule has 0 radical (unpaired) electrons. The Labute approximate surface area is 150 Å². The van der Waals surface area contributed by atoms with Gasteiger partial charge in [0.1, 0.15) is 18.1 Å². The van der Waals surface area contributed by atoms with Gasteiger partial charge in [-0.05, 0) is 63.4 Å². The molecule has 0 aliphatic rings. The summed E-state index contributed by atoms with van der Waals surface area (Å²) in [5.41, 5.74) is 4.42. The van der Waals surface area contributed by atoms with Gasteiger partial charge in [0.25, 0.3) is 5.91 Å². The van der Waals surface area contributed by atoms with Gasteiger partial charge in [-0.1, -0.05) is 29.8 Å². The molecule has 2 rings (SSSR count). The molecular formula is C21H27NO3. The number of ether oxygens (including phenoxy) is 2. The van der Waals surface area contributed by atoms with Crippen LogP contribution in [0.15, 0.2) is 36.4 Å². The number of hydrogen-bond donors (Lipinski definition) is 1. The summed E-state index contributed by atoms with van der Waals surface area (Å²) in [4.78, 5) is 12.2. The number of hydrogen-bond acceptors (Lipinski definition) is 3. The van der Waals surface area contributed by atoms with Crippen molar-refractivity contribution in [2.24, 2.45) is 0 Å². The van der Waals surface area contributed by atoms with Crippen molar-refractivity contribution in [2.75, 3.05) is 13.2 Å². The van der Waals surface area contributed by atoms with E-state index in [1.807, 2.05) is 58.0 Å². The number of benzene rings is 2. The first-order valence-electron chi connectivity index (χ1n) is 8.58. The first-order chi connectivity index (χ1) is 11.9. The molecule has 25 heavy (non-hydrogen) atoms. The quantitative estimate of drug-likeness (QED) is 0.778. The SMILES string of the molecule is Cc1ccc(OCCNC(=O)[C@@H](C)Oc2cc(C)ccc2C)c(C)c1. The molecule has 0 aliphatic carbocycles. The molecule has 134 valence electrons. The second-order valence-electron chi connectivity index (χ2n) is 6.44. The van der Waals surface area contributed by atoms with Crippen molar-refractivity contribution < 1.29 is 14.3 Å². The van der Waals surface area contributed by atoms with Crippen LogP contribution in [0.1, 0.15) is 29.2 Å². The summed E-state index contributed by atoms with van der Waals surface area (Å²) in [6.07, 6.45) is -0.554. The third kappa shape index (κ3) is 5.52. The molecule has 4 nitrogen and oxygen atoms in total. The van der Waals surface area contributed by atoms with E-state index >= 15 is 0 Å². The minimum atomic E-state index is -0.554. The zero-order chi connectivity index (χ0) is 18.4. The number of amides is 1. The van der Waals surface area contributed by atoms with Crippen molar-refractivity contribution in [2.45, 2.75) is 40.7 Å². The van der Waals surface area contributed by atoms with Crippen LogP contribution in [0.5, 0.6) is 11.5 Å². The number of aryl methyl sites for hydroxylation is 4.